The second kappa shape index (κ2) is 35.8. The van der Waals surface area contributed by atoms with Gasteiger partial charge in [0.05, 0.1) is 66.4 Å². The van der Waals surface area contributed by atoms with E-state index in [1.54, 1.807) is 18.3 Å². The van der Waals surface area contributed by atoms with Crippen molar-refractivity contribution in [2.45, 2.75) is 6.92 Å². The van der Waals surface area contributed by atoms with E-state index in [2.05, 4.69) is 170 Å². The normalized spacial score (nSPS) is 11.4. The first-order valence-electron chi connectivity index (χ1n) is 46.6. The zero-order valence-electron chi connectivity index (χ0n) is 75.7. The summed E-state index contributed by atoms with van der Waals surface area (Å²) >= 11 is 0. The molecule has 0 amide bonds. The lowest BCUT2D eigenvalue weighted by atomic mass is 9.92. The van der Waals surface area contributed by atoms with Crippen LogP contribution in [-0.2, 0) is 0 Å². The molecule has 140 heavy (non-hydrogen) atoms. The van der Waals surface area contributed by atoms with Crippen LogP contribution in [0.4, 0.5) is 0 Å². The number of hydrogen-bond acceptors (Lipinski definition) is 9. The van der Waals surface area contributed by atoms with E-state index in [0.717, 1.165) is 116 Å². The highest BCUT2D eigenvalue weighted by Crippen LogP contribution is 2.41. The van der Waals surface area contributed by atoms with Crippen LogP contribution in [0.1, 0.15) is 5.56 Å². The van der Waals surface area contributed by atoms with Gasteiger partial charge in [0.2, 0.25) is 0 Å². The molecule has 0 radical (unpaired) electrons. The van der Waals surface area contributed by atoms with Crippen LogP contribution in [-0.4, -0.2) is 38.2 Å². The Labute approximate surface area is 801 Å². The number of furan rings is 1. The molecule has 13 heteroatoms. The molecule has 0 spiro atoms. The van der Waals surface area contributed by atoms with Gasteiger partial charge in [-0.15, -0.1) is 0 Å². The van der Waals surface area contributed by atoms with Gasteiger partial charge in [-0.3, -0.25) is 37.4 Å². The molecule has 13 nitrogen and oxygen atoms in total. The Morgan fingerprint density at radius 2 is 0.479 bits per heavy atom. The minimum atomic E-state index is -0.0911. The molecule has 27 rings (SSSR count). The predicted molar refractivity (Wildman–Crippen MR) is 577 cm³/mol. The summed E-state index contributed by atoms with van der Waals surface area (Å²) in [6, 6.07) is 160. The van der Waals surface area contributed by atoms with Crippen molar-refractivity contribution in [1.82, 2.24) is 38.2 Å². The maximum atomic E-state index is 14.2. The van der Waals surface area contributed by atoms with Gasteiger partial charge in [0, 0.05) is 38.6 Å². The van der Waals surface area contributed by atoms with E-state index in [9.17, 15) is 19.2 Å². The third kappa shape index (κ3) is 15.3. The number of rotatable bonds is 10. The quantitative estimate of drug-likeness (QED) is 0.122. The monoisotopic (exact) mass is 1800 g/mol. The lowest BCUT2D eigenvalue weighted by molar-refractivity contribution is 0.670. The van der Waals surface area contributed by atoms with Crippen LogP contribution in [0.2, 0.25) is 0 Å². The van der Waals surface area contributed by atoms with Crippen LogP contribution in [0, 0.1) is 6.92 Å². The molecule has 0 N–H and O–H groups in total. The average Bonchev–Trinajstić information content (AvgIpc) is 0.891. The fourth-order valence-electron chi connectivity index (χ4n) is 19.6. The van der Waals surface area contributed by atoms with Crippen molar-refractivity contribution in [2.75, 3.05) is 0 Å². The summed E-state index contributed by atoms with van der Waals surface area (Å²) in [6.45, 7) is 2.05. The molecular formula is C127H82N8O5. The van der Waals surface area contributed by atoms with Crippen molar-refractivity contribution >= 4 is 141 Å². The van der Waals surface area contributed by atoms with Gasteiger partial charge in [-0.1, -0.05) is 376 Å². The zero-order chi connectivity index (χ0) is 93.8. The summed E-state index contributed by atoms with van der Waals surface area (Å²) in [4.78, 5) is 74.9. The molecule has 0 saturated heterocycles. The maximum absolute atomic E-state index is 14.2. The van der Waals surface area contributed by atoms with Crippen molar-refractivity contribution < 1.29 is 4.42 Å². The van der Waals surface area contributed by atoms with E-state index in [-0.39, 0.29) is 22.2 Å². The molecule has 27 aromatic rings. The largest absolute Gasteiger partial charge is 0.455 e. The molecule has 0 aliphatic heterocycles. The SMILES string of the molecule is Cc1ccc(-n2c(-c3ccccc3)nc3ccc(-c4ccc5c6ccccc6c6ccccc6c5c4)cc3c2=O)cc1.O=c1c2ccccc2nc(-c2ccccc2)n1-c1ccc(-c2cccc3c2oc2ccccc23)cc1.O=c1c2ccccc2nc(-c2ccccc2)n1-c1ccc2ccc3ccccc3c2c1.O=c1c2ccccc2nc(-c2ccccc2)n1-c1ccc2ccc3ccccc3c2c1. The number of benzene rings is 22. The smallest absolute Gasteiger partial charge is 0.266 e. The van der Waals surface area contributed by atoms with Crippen LogP contribution >= 0.6 is 0 Å². The van der Waals surface area contributed by atoms with Gasteiger partial charge >= 0.3 is 0 Å². The highest BCUT2D eigenvalue weighted by atomic mass is 16.3. The topological polar surface area (TPSA) is 153 Å². The summed E-state index contributed by atoms with van der Waals surface area (Å²) in [5.41, 5.74) is 16.2. The number of fused-ring (bicyclic) bond motifs is 19. The molecule has 0 atom stereocenters. The predicted octanol–water partition coefficient (Wildman–Crippen LogP) is 29.8. The van der Waals surface area contributed by atoms with E-state index in [0.29, 0.717) is 66.9 Å². The molecule has 5 heterocycles. The van der Waals surface area contributed by atoms with Crippen LogP contribution in [0.25, 0.3) is 232 Å². The molecule has 0 aliphatic carbocycles. The van der Waals surface area contributed by atoms with Gasteiger partial charge in [0.25, 0.3) is 22.2 Å². The Balaban J connectivity index is 0.000000102. The Morgan fingerprint density at radius 1 is 0.186 bits per heavy atom. The molecule has 0 bridgehead atoms. The van der Waals surface area contributed by atoms with Gasteiger partial charge in [-0.25, -0.2) is 19.9 Å². The van der Waals surface area contributed by atoms with Crippen LogP contribution in [0.15, 0.2) is 503 Å². The van der Waals surface area contributed by atoms with Crippen LogP contribution < -0.4 is 22.2 Å². The molecule has 0 fully saturated rings. The summed E-state index contributed by atoms with van der Waals surface area (Å²) in [6.07, 6.45) is 0. The van der Waals surface area contributed by atoms with E-state index >= 15 is 0 Å². The van der Waals surface area contributed by atoms with E-state index in [4.69, 9.17) is 24.4 Å². The number of aryl methyl sites for hydroxylation is 1. The maximum Gasteiger partial charge on any atom is 0.266 e. The summed E-state index contributed by atoms with van der Waals surface area (Å²) in [5, 5.41) is 21.2. The van der Waals surface area contributed by atoms with E-state index in [1.807, 2.05) is 316 Å². The number of para-hydroxylation sites is 5. The standard InChI is InChI=1S/C39H26N2O.C32H20N2O2.2C28H18N2O/c1-25-15-19-29(20-16-25)41-38(26-9-3-2-4-10-26)40-37-22-18-28(24-36(37)39(41)42)27-17-21-34-32-13-6-5-11-30(32)31-12-7-8-14-33(31)35(34)23-27;35-32-27-12-4-6-15-28(27)33-31(22-9-2-1-3-10-22)34(32)23-19-17-21(18-20-23)24-13-8-14-26-25-11-5-7-16-29(25)36-30(24)26;2*31-28-24-12-6-7-13-26(24)29-27(21-9-2-1-3-10-21)30(28)22-17-16-20-15-14-19-8-4-5-11-23(19)25(20)18-22/h2-24H,1H3;1-20H;2*1-18H. The van der Waals surface area contributed by atoms with Gasteiger partial charge in [0.1, 0.15) is 34.5 Å². The van der Waals surface area contributed by atoms with Gasteiger partial charge in [-0.2, -0.15) is 0 Å². The van der Waals surface area contributed by atoms with Gasteiger partial charge in [-0.05, 0) is 208 Å². The van der Waals surface area contributed by atoms with Crippen molar-refractivity contribution in [2.24, 2.45) is 0 Å². The van der Waals surface area contributed by atoms with E-state index in [1.165, 1.54) is 53.9 Å². The van der Waals surface area contributed by atoms with Crippen LogP contribution in [0.5, 0.6) is 0 Å². The molecule has 5 aromatic heterocycles. The lowest BCUT2D eigenvalue weighted by Crippen LogP contribution is -2.22. The minimum absolute atomic E-state index is 0.0657. The van der Waals surface area contributed by atoms with Crippen molar-refractivity contribution in [3.63, 3.8) is 0 Å². The van der Waals surface area contributed by atoms with Crippen molar-refractivity contribution in [1.29, 1.82) is 0 Å². The minimum Gasteiger partial charge on any atom is -0.455 e. The number of aromatic nitrogens is 8. The van der Waals surface area contributed by atoms with Crippen molar-refractivity contribution in [3.05, 3.63) is 526 Å². The fraction of sp³-hybridized carbons (Fsp3) is 0.00787. The van der Waals surface area contributed by atoms with Crippen LogP contribution in [0.3, 0.4) is 0 Å². The number of nitrogens with zero attached hydrogens (tertiary/aromatic N) is 8. The zero-order valence-corrected chi connectivity index (χ0v) is 75.7. The molecule has 0 unspecified atom stereocenters. The second-order valence-corrected chi connectivity index (χ2v) is 35.0. The fourth-order valence-corrected chi connectivity index (χ4v) is 19.6. The Kier molecular flexibility index (Phi) is 21.5. The first-order chi connectivity index (χ1) is 69.0. The molecule has 0 saturated carbocycles. The third-order valence-electron chi connectivity index (χ3n) is 26.5. The second-order valence-electron chi connectivity index (χ2n) is 35.0. The molecule has 0 aliphatic rings. The molecule has 22 aromatic carbocycles. The van der Waals surface area contributed by atoms with Crippen molar-refractivity contribution in [3.8, 4) is 90.6 Å². The average molecular weight is 1800 g/mol. The first kappa shape index (κ1) is 84.0. The number of hydrogen-bond donors (Lipinski definition) is 0. The summed E-state index contributed by atoms with van der Waals surface area (Å²) in [5.74, 6) is 2.54. The van der Waals surface area contributed by atoms with Gasteiger partial charge in [0.15, 0.2) is 0 Å². The van der Waals surface area contributed by atoms with Gasteiger partial charge < -0.3 is 4.42 Å². The van der Waals surface area contributed by atoms with E-state index < -0.39 is 0 Å². The third-order valence-corrected chi connectivity index (χ3v) is 26.5. The first-order valence-corrected chi connectivity index (χ1v) is 46.6. The highest BCUT2D eigenvalue weighted by Gasteiger charge is 2.23. The molecule has 660 valence electrons. The Bertz CT molecular complexity index is 9590. The Morgan fingerprint density at radius 3 is 0.914 bits per heavy atom. The summed E-state index contributed by atoms with van der Waals surface area (Å²) in [7, 11) is 0. The Hall–Kier alpha value is -19.0. The summed E-state index contributed by atoms with van der Waals surface area (Å²) < 4.78 is 13.1. The lowest BCUT2D eigenvalue weighted by Gasteiger charge is -2.15. The highest BCUT2D eigenvalue weighted by molar-refractivity contribution is 6.26. The molecular weight excluding hydrogens is 1720 g/mol.